The van der Waals surface area contributed by atoms with Gasteiger partial charge in [0.05, 0.1) is 20.3 Å². The number of likely N-dealkylation sites (tertiary alicyclic amines) is 1. The van der Waals surface area contributed by atoms with Crippen LogP contribution in [0.4, 0.5) is 0 Å². The van der Waals surface area contributed by atoms with E-state index in [9.17, 15) is 4.79 Å². The Morgan fingerprint density at radius 2 is 1.88 bits per heavy atom. The Morgan fingerprint density at radius 3 is 2.44 bits per heavy atom. The summed E-state index contributed by atoms with van der Waals surface area (Å²) in [6.07, 6.45) is 1.21. The lowest BCUT2D eigenvalue weighted by Crippen LogP contribution is -2.50. The van der Waals surface area contributed by atoms with E-state index in [-0.39, 0.29) is 11.9 Å². The highest BCUT2D eigenvalue weighted by atomic mass is 16.5. The number of likely N-dealkylation sites (N-methyl/N-ethyl adjacent to an activating group) is 1. The molecule has 0 N–H and O–H groups in total. The van der Waals surface area contributed by atoms with Crippen molar-refractivity contribution in [2.75, 3.05) is 34.4 Å². The number of amides is 1. The molecule has 3 unspecified atom stereocenters. The second-order valence-electron chi connectivity index (χ2n) is 7.46. The molecule has 0 aliphatic carbocycles. The Balaban J connectivity index is 2.04. The molecule has 0 spiro atoms. The van der Waals surface area contributed by atoms with E-state index in [1.165, 1.54) is 6.42 Å². The fourth-order valence-corrected chi connectivity index (χ4v) is 3.68. The van der Waals surface area contributed by atoms with E-state index in [4.69, 9.17) is 9.47 Å². The zero-order valence-electron chi connectivity index (χ0n) is 16.4. The predicted octanol–water partition coefficient (Wildman–Crippen LogP) is 3.03. The van der Waals surface area contributed by atoms with Crippen LogP contribution in [0.2, 0.25) is 0 Å². The molecule has 1 fully saturated rings. The number of rotatable bonds is 6. The first-order chi connectivity index (χ1) is 11.8. The van der Waals surface area contributed by atoms with Gasteiger partial charge in [0.2, 0.25) is 5.91 Å². The summed E-state index contributed by atoms with van der Waals surface area (Å²) >= 11 is 0. The maximum Gasteiger partial charge on any atom is 0.239 e. The van der Waals surface area contributed by atoms with Crippen molar-refractivity contribution in [3.05, 3.63) is 23.8 Å². The van der Waals surface area contributed by atoms with Gasteiger partial charge in [0.1, 0.15) is 11.5 Å². The molecule has 2 rings (SSSR count). The molecular weight excluding hydrogens is 316 g/mol. The molecule has 1 aliphatic rings. The number of hydrogen-bond donors (Lipinski definition) is 0. The first-order valence-electron chi connectivity index (χ1n) is 9.05. The molecule has 1 amide bonds. The zero-order valence-corrected chi connectivity index (χ0v) is 16.4. The number of hydrogen-bond acceptors (Lipinski definition) is 4. The largest absolute Gasteiger partial charge is 0.497 e. The summed E-state index contributed by atoms with van der Waals surface area (Å²) in [5.41, 5.74) is 1.05. The molecule has 1 aliphatic heterocycles. The van der Waals surface area contributed by atoms with Crippen molar-refractivity contribution in [2.24, 2.45) is 11.8 Å². The van der Waals surface area contributed by atoms with Gasteiger partial charge in [0.25, 0.3) is 0 Å². The summed E-state index contributed by atoms with van der Waals surface area (Å²) in [7, 11) is 5.29. The Morgan fingerprint density at radius 1 is 1.24 bits per heavy atom. The van der Waals surface area contributed by atoms with Crippen molar-refractivity contribution < 1.29 is 14.3 Å². The molecule has 1 aromatic rings. The summed E-state index contributed by atoms with van der Waals surface area (Å²) in [6.45, 7) is 8.83. The van der Waals surface area contributed by atoms with Crippen LogP contribution in [0.5, 0.6) is 11.5 Å². The van der Waals surface area contributed by atoms with Crippen molar-refractivity contribution in [1.29, 1.82) is 0 Å². The Hall–Kier alpha value is -1.75. The lowest BCUT2D eigenvalue weighted by Gasteiger charge is -2.38. The second-order valence-corrected chi connectivity index (χ2v) is 7.46. The van der Waals surface area contributed by atoms with Gasteiger partial charge in [-0.2, -0.15) is 0 Å². The first-order valence-corrected chi connectivity index (χ1v) is 9.05. The number of nitrogens with zero attached hydrogens (tertiary/aromatic N) is 2. The average molecular weight is 348 g/mol. The van der Waals surface area contributed by atoms with Gasteiger partial charge in [0.15, 0.2) is 0 Å². The highest BCUT2D eigenvalue weighted by Crippen LogP contribution is 2.27. The van der Waals surface area contributed by atoms with E-state index in [1.54, 1.807) is 14.2 Å². The average Bonchev–Trinajstić information content (AvgIpc) is 2.59. The van der Waals surface area contributed by atoms with E-state index < -0.39 is 0 Å². The van der Waals surface area contributed by atoms with Crippen LogP contribution >= 0.6 is 0 Å². The van der Waals surface area contributed by atoms with Crippen molar-refractivity contribution in [2.45, 2.75) is 39.8 Å². The Labute approximate surface area is 151 Å². The number of carbonyl (C=O) groups is 1. The summed E-state index contributed by atoms with van der Waals surface area (Å²) in [4.78, 5) is 17.0. The zero-order chi connectivity index (χ0) is 18.6. The normalized spacial score (nSPS) is 22.0. The first kappa shape index (κ1) is 19.6. The maximum absolute atomic E-state index is 12.9. The minimum Gasteiger partial charge on any atom is -0.497 e. The number of methoxy groups -OCH3 is 2. The van der Waals surface area contributed by atoms with E-state index >= 15 is 0 Å². The summed E-state index contributed by atoms with van der Waals surface area (Å²) in [5, 5.41) is 0. The van der Waals surface area contributed by atoms with Gasteiger partial charge in [-0.3, -0.25) is 9.69 Å². The van der Waals surface area contributed by atoms with E-state index in [0.29, 0.717) is 18.4 Å². The molecule has 1 heterocycles. The van der Waals surface area contributed by atoms with Crippen LogP contribution in [-0.4, -0.2) is 56.1 Å². The SMILES string of the molecule is COc1ccc(CN(C)C(C)C(=O)N2CC(C)CC(C)C2)c(OC)c1. The molecule has 0 aromatic heterocycles. The third-order valence-corrected chi connectivity index (χ3v) is 5.11. The fourth-order valence-electron chi connectivity index (χ4n) is 3.68. The van der Waals surface area contributed by atoms with Crippen LogP contribution < -0.4 is 9.47 Å². The lowest BCUT2D eigenvalue weighted by atomic mass is 9.91. The summed E-state index contributed by atoms with van der Waals surface area (Å²) < 4.78 is 10.7. The van der Waals surface area contributed by atoms with E-state index in [2.05, 4.69) is 18.7 Å². The fraction of sp³-hybridized carbons (Fsp3) is 0.650. The van der Waals surface area contributed by atoms with Crippen molar-refractivity contribution in [3.8, 4) is 11.5 Å². The number of ether oxygens (including phenoxy) is 2. The molecule has 1 saturated heterocycles. The lowest BCUT2D eigenvalue weighted by molar-refractivity contribution is -0.138. The molecule has 140 valence electrons. The van der Waals surface area contributed by atoms with Crippen LogP contribution in [0.1, 0.15) is 32.8 Å². The molecular formula is C20H32N2O3. The van der Waals surface area contributed by atoms with Gasteiger partial charge in [0, 0.05) is 31.3 Å². The van der Waals surface area contributed by atoms with Crippen LogP contribution in [-0.2, 0) is 11.3 Å². The highest BCUT2D eigenvalue weighted by Gasteiger charge is 2.30. The van der Waals surface area contributed by atoms with Crippen LogP contribution in [0, 0.1) is 11.8 Å². The topological polar surface area (TPSA) is 42.0 Å². The van der Waals surface area contributed by atoms with Crippen LogP contribution in [0.3, 0.4) is 0 Å². The second kappa shape index (κ2) is 8.56. The number of benzene rings is 1. The Bertz CT molecular complexity index is 580. The van der Waals surface area contributed by atoms with Gasteiger partial charge in [-0.15, -0.1) is 0 Å². The maximum atomic E-state index is 12.9. The molecule has 1 aromatic carbocycles. The quantitative estimate of drug-likeness (QED) is 0.792. The molecule has 0 bridgehead atoms. The van der Waals surface area contributed by atoms with Gasteiger partial charge in [-0.1, -0.05) is 19.9 Å². The molecule has 0 radical (unpaired) electrons. The molecule has 0 saturated carbocycles. The summed E-state index contributed by atoms with van der Waals surface area (Å²) in [6, 6.07) is 5.64. The predicted molar refractivity (Wildman–Crippen MR) is 100 cm³/mol. The van der Waals surface area contributed by atoms with Gasteiger partial charge < -0.3 is 14.4 Å². The van der Waals surface area contributed by atoms with Gasteiger partial charge in [-0.05, 0) is 38.3 Å². The molecule has 25 heavy (non-hydrogen) atoms. The standard InChI is InChI=1S/C20H32N2O3/c1-14-9-15(2)12-22(11-14)20(23)16(3)21(4)13-17-7-8-18(24-5)10-19(17)25-6/h7-8,10,14-16H,9,11-13H2,1-6H3. The van der Waals surface area contributed by atoms with Gasteiger partial charge >= 0.3 is 0 Å². The molecule has 3 atom stereocenters. The molecule has 5 nitrogen and oxygen atoms in total. The van der Waals surface area contributed by atoms with Crippen LogP contribution in [0.25, 0.3) is 0 Å². The van der Waals surface area contributed by atoms with Crippen LogP contribution in [0.15, 0.2) is 18.2 Å². The number of carbonyl (C=O) groups excluding carboxylic acids is 1. The van der Waals surface area contributed by atoms with Gasteiger partial charge in [-0.25, -0.2) is 0 Å². The molecule has 5 heteroatoms. The minimum atomic E-state index is -0.163. The summed E-state index contributed by atoms with van der Waals surface area (Å²) in [5.74, 6) is 2.92. The van der Waals surface area contributed by atoms with Crippen molar-refractivity contribution in [1.82, 2.24) is 9.80 Å². The van der Waals surface area contributed by atoms with E-state index in [0.717, 1.165) is 30.2 Å². The smallest absolute Gasteiger partial charge is 0.239 e. The number of piperidine rings is 1. The van der Waals surface area contributed by atoms with Crippen molar-refractivity contribution in [3.63, 3.8) is 0 Å². The third kappa shape index (κ3) is 4.88. The van der Waals surface area contributed by atoms with Crippen molar-refractivity contribution >= 4 is 5.91 Å². The van der Waals surface area contributed by atoms with E-state index in [1.807, 2.05) is 37.1 Å². The highest BCUT2D eigenvalue weighted by molar-refractivity contribution is 5.81. The third-order valence-electron chi connectivity index (χ3n) is 5.11. The monoisotopic (exact) mass is 348 g/mol. The minimum absolute atomic E-state index is 0.163. The Kier molecular flexibility index (Phi) is 6.71.